The van der Waals surface area contributed by atoms with E-state index in [1.165, 1.54) is 12.1 Å². The number of ether oxygens (including phenoxy) is 2. The number of carbonyl (C=O) groups excluding carboxylic acids is 2. The van der Waals surface area contributed by atoms with Crippen molar-refractivity contribution in [3.63, 3.8) is 0 Å². The van der Waals surface area contributed by atoms with E-state index in [0.29, 0.717) is 12.2 Å². The van der Waals surface area contributed by atoms with Crippen LogP contribution >= 0.6 is 0 Å². The number of aliphatic hydroxyl groups excluding tert-OH is 2. The highest BCUT2D eigenvalue weighted by Crippen LogP contribution is 2.26. The van der Waals surface area contributed by atoms with Crippen LogP contribution in [0.1, 0.15) is 11.1 Å². The Hall–Kier alpha value is -5.08. The Kier molecular flexibility index (Phi) is 9.78. The number of carbonyl (C=O) groups is 4. The third-order valence-corrected chi connectivity index (χ3v) is 4.77. The van der Waals surface area contributed by atoms with Crippen molar-refractivity contribution in [2.75, 3.05) is 0 Å². The molecule has 4 unspecified atom stereocenters. The molecule has 2 aromatic carbocycles. The molecule has 14 heteroatoms. The number of esters is 2. The Balaban J connectivity index is 2.10. The summed E-state index contributed by atoms with van der Waals surface area (Å²) in [5.41, 5.74) is 0.385. The van der Waals surface area contributed by atoms with Gasteiger partial charge in [0.1, 0.15) is 12.2 Å². The Morgan fingerprint density at radius 2 is 0.947 bits per heavy atom. The van der Waals surface area contributed by atoms with Gasteiger partial charge in [-0.05, 0) is 47.5 Å². The fourth-order valence-corrected chi connectivity index (χ4v) is 2.84. The second-order valence-electron chi connectivity index (χ2n) is 7.54. The molecule has 8 N–H and O–H groups in total. The van der Waals surface area contributed by atoms with Crippen LogP contribution in [0.2, 0.25) is 0 Å². The number of phenolic OH excluding ortho intramolecular Hbond substituents is 4. The minimum atomic E-state index is -2.57. The standard InChI is InChI=1S/C24H22O14/c25-13-5-1-11(9-15(13)27)3-7-17(29)37-21(23(33)34)19(31)20(32)22(24(35)36)38-18(30)8-4-12-2-6-14(26)16(28)10-12/h1-10,19-22,25-28,31-32H,(H,33,34)(H,35,36). The molecule has 0 aliphatic carbocycles. The minimum Gasteiger partial charge on any atom is -0.504 e. The Morgan fingerprint density at radius 1 is 0.605 bits per heavy atom. The molecule has 38 heavy (non-hydrogen) atoms. The topological polar surface area (TPSA) is 249 Å². The van der Waals surface area contributed by atoms with Gasteiger partial charge in [-0.3, -0.25) is 0 Å². The molecule has 0 saturated carbocycles. The van der Waals surface area contributed by atoms with Gasteiger partial charge in [-0.1, -0.05) is 12.1 Å². The third-order valence-electron chi connectivity index (χ3n) is 4.77. The van der Waals surface area contributed by atoms with Gasteiger partial charge in [0.15, 0.2) is 23.0 Å². The number of hydrogen-bond acceptors (Lipinski definition) is 12. The van der Waals surface area contributed by atoms with E-state index in [4.69, 9.17) is 0 Å². The summed E-state index contributed by atoms with van der Waals surface area (Å²) in [6.45, 7) is 0. The molecular formula is C24H22O14. The summed E-state index contributed by atoms with van der Waals surface area (Å²) in [4.78, 5) is 47.1. The predicted octanol–water partition coefficient (Wildman–Crippen LogP) is -0.0498. The molecule has 0 radical (unpaired) electrons. The first-order valence-electron chi connectivity index (χ1n) is 10.4. The zero-order valence-electron chi connectivity index (χ0n) is 19.1. The third kappa shape index (κ3) is 7.97. The molecule has 0 heterocycles. The van der Waals surface area contributed by atoms with Crippen molar-refractivity contribution in [1.82, 2.24) is 0 Å². The summed E-state index contributed by atoms with van der Waals surface area (Å²) < 4.78 is 9.19. The monoisotopic (exact) mass is 534 g/mol. The van der Waals surface area contributed by atoms with Gasteiger partial charge in [-0.15, -0.1) is 0 Å². The molecule has 14 nitrogen and oxygen atoms in total. The number of benzene rings is 2. The predicted molar refractivity (Wildman–Crippen MR) is 125 cm³/mol. The molecule has 0 aromatic heterocycles. The van der Waals surface area contributed by atoms with Crippen molar-refractivity contribution in [1.29, 1.82) is 0 Å². The molecule has 0 amide bonds. The van der Waals surface area contributed by atoms with Gasteiger partial charge in [0.2, 0.25) is 12.2 Å². The van der Waals surface area contributed by atoms with E-state index in [1.807, 2.05) is 0 Å². The summed E-state index contributed by atoms with van der Waals surface area (Å²) >= 11 is 0. The van der Waals surface area contributed by atoms with Gasteiger partial charge in [0.05, 0.1) is 0 Å². The van der Waals surface area contributed by atoms with E-state index in [-0.39, 0.29) is 11.1 Å². The summed E-state index contributed by atoms with van der Waals surface area (Å²) in [7, 11) is 0. The van der Waals surface area contributed by atoms with Gasteiger partial charge >= 0.3 is 23.9 Å². The van der Waals surface area contributed by atoms with Crippen LogP contribution in [0.15, 0.2) is 48.6 Å². The SMILES string of the molecule is O=C(C=Cc1ccc(O)c(O)c1)OC(C(=O)O)C(O)C(O)C(OC(=O)C=Cc1ccc(O)c(O)c1)C(=O)O. The average molecular weight is 534 g/mol. The normalized spacial score (nSPS) is 14.5. The maximum absolute atomic E-state index is 12.0. The molecule has 4 atom stereocenters. The van der Waals surface area contributed by atoms with Crippen LogP contribution in [-0.2, 0) is 28.7 Å². The fraction of sp³-hybridized carbons (Fsp3) is 0.167. The van der Waals surface area contributed by atoms with E-state index < -0.39 is 71.3 Å². The highest BCUT2D eigenvalue weighted by molar-refractivity contribution is 5.90. The van der Waals surface area contributed by atoms with Gasteiger partial charge in [0, 0.05) is 12.2 Å². The summed E-state index contributed by atoms with van der Waals surface area (Å²) in [6.07, 6.45) is -6.62. The van der Waals surface area contributed by atoms with Crippen LogP contribution in [0.3, 0.4) is 0 Å². The lowest BCUT2D eigenvalue weighted by Crippen LogP contribution is -2.52. The molecule has 0 spiro atoms. The first-order valence-corrected chi connectivity index (χ1v) is 10.4. The lowest BCUT2D eigenvalue weighted by atomic mass is 10.0. The fourth-order valence-electron chi connectivity index (χ4n) is 2.84. The molecule has 0 saturated heterocycles. The van der Waals surface area contributed by atoms with Crippen LogP contribution in [0, 0.1) is 0 Å². The number of rotatable bonds is 11. The number of hydrogen-bond donors (Lipinski definition) is 8. The van der Waals surface area contributed by atoms with Crippen molar-refractivity contribution >= 4 is 36.0 Å². The van der Waals surface area contributed by atoms with Crippen LogP contribution in [0.25, 0.3) is 12.2 Å². The first-order chi connectivity index (χ1) is 17.8. The number of aliphatic hydroxyl groups is 2. The highest BCUT2D eigenvalue weighted by atomic mass is 16.6. The lowest BCUT2D eigenvalue weighted by Gasteiger charge is -2.26. The molecular weight excluding hydrogens is 512 g/mol. The van der Waals surface area contributed by atoms with E-state index in [0.717, 1.165) is 36.4 Å². The van der Waals surface area contributed by atoms with Gasteiger partial charge in [0.25, 0.3) is 0 Å². The molecule has 0 aliphatic rings. The van der Waals surface area contributed by atoms with Crippen molar-refractivity contribution < 1.29 is 69.5 Å². The van der Waals surface area contributed by atoms with Gasteiger partial charge in [-0.2, -0.15) is 0 Å². The largest absolute Gasteiger partial charge is 0.504 e. The zero-order valence-corrected chi connectivity index (χ0v) is 19.1. The van der Waals surface area contributed by atoms with E-state index >= 15 is 0 Å². The molecule has 202 valence electrons. The maximum Gasteiger partial charge on any atom is 0.347 e. The van der Waals surface area contributed by atoms with Gasteiger partial charge < -0.3 is 50.3 Å². The number of carboxylic acids is 2. The summed E-state index contributed by atoms with van der Waals surface area (Å²) in [5, 5.41) is 76.5. The Labute approximate surface area is 213 Å². The lowest BCUT2D eigenvalue weighted by molar-refractivity contribution is -0.188. The quantitative estimate of drug-likeness (QED) is 0.107. The molecule has 0 aliphatic heterocycles. The average Bonchev–Trinajstić information content (AvgIpc) is 2.86. The maximum atomic E-state index is 12.0. The van der Waals surface area contributed by atoms with Crippen LogP contribution < -0.4 is 0 Å². The van der Waals surface area contributed by atoms with Crippen molar-refractivity contribution in [3.05, 3.63) is 59.7 Å². The van der Waals surface area contributed by atoms with Crippen LogP contribution in [0.4, 0.5) is 0 Å². The molecule has 2 rings (SSSR count). The second-order valence-corrected chi connectivity index (χ2v) is 7.54. The van der Waals surface area contributed by atoms with Crippen molar-refractivity contribution in [2.24, 2.45) is 0 Å². The van der Waals surface area contributed by atoms with Crippen LogP contribution in [-0.4, -0.2) is 89.1 Å². The molecule has 0 fully saturated rings. The van der Waals surface area contributed by atoms with Crippen LogP contribution in [0.5, 0.6) is 23.0 Å². The Morgan fingerprint density at radius 3 is 1.24 bits per heavy atom. The molecule has 2 aromatic rings. The van der Waals surface area contributed by atoms with E-state index in [9.17, 15) is 60.0 Å². The Bertz CT molecular complexity index is 1170. The molecule has 0 bridgehead atoms. The first kappa shape index (κ1) is 29.2. The zero-order chi connectivity index (χ0) is 28.6. The van der Waals surface area contributed by atoms with Crippen molar-refractivity contribution in [3.8, 4) is 23.0 Å². The smallest absolute Gasteiger partial charge is 0.347 e. The van der Waals surface area contributed by atoms with Crippen molar-refractivity contribution in [2.45, 2.75) is 24.4 Å². The number of aliphatic carboxylic acids is 2. The summed E-state index contributed by atoms with van der Waals surface area (Å²) in [5.74, 6) is -8.51. The van der Waals surface area contributed by atoms with E-state index in [1.54, 1.807) is 0 Å². The summed E-state index contributed by atoms with van der Waals surface area (Å²) in [6, 6.07) is 6.93. The number of carboxylic acid groups (broad SMARTS) is 2. The number of phenols is 4. The minimum absolute atomic E-state index is 0.193. The van der Waals surface area contributed by atoms with E-state index in [2.05, 4.69) is 9.47 Å². The number of aromatic hydroxyl groups is 4. The van der Waals surface area contributed by atoms with Gasteiger partial charge in [-0.25, -0.2) is 19.2 Å². The highest BCUT2D eigenvalue weighted by Gasteiger charge is 2.43. The second kappa shape index (κ2) is 12.8.